The molecule has 0 bridgehead atoms. The Balaban J connectivity index is 2.60. The van der Waals surface area contributed by atoms with Crippen molar-refractivity contribution in [3.05, 3.63) is 29.6 Å². The van der Waals surface area contributed by atoms with Crippen LogP contribution in [0.5, 0.6) is 0 Å². The second-order valence-electron chi connectivity index (χ2n) is 3.23. The van der Waals surface area contributed by atoms with E-state index in [1.165, 1.54) is 0 Å². The molecule has 1 aromatic carbocycles. The van der Waals surface area contributed by atoms with Crippen LogP contribution in [0.4, 0.5) is 0 Å². The number of nitrogens with one attached hydrogen (secondary N) is 3. The zero-order chi connectivity index (χ0) is 12.4. The van der Waals surface area contributed by atoms with Crippen LogP contribution in [0, 0.1) is 0 Å². The van der Waals surface area contributed by atoms with Crippen molar-refractivity contribution in [1.82, 2.24) is 20.8 Å². The summed E-state index contributed by atoms with van der Waals surface area (Å²) in [7, 11) is 0. The van der Waals surface area contributed by atoms with Crippen molar-refractivity contribution in [3.8, 4) is 0 Å². The number of hydrogen-bond donors (Lipinski definition) is 5. The molecule has 0 saturated carbocycles. The SMILES string of the molecule is NNC(=O)c1nc2c(C(=O)NN)cccc2[nH]1. The number of nitrogens with two attached hydrogens (primary N) is 2. The minimum absolute atomic E-state index is 0.0276. The van der Waals surface area contributed by atoms with Gasteiger partial charge in [0.25, 0.3) is 5.91 Å². The Morgan fingerprint density at radius 1 is 1.18 bits per heavy atom. The summed E-state index contributed by atoms with van der Waals surface area (Å²) in [6.45, 7) is 0. The molecular weight excluding hydrogens is 224 g/mol. The number of aromatic nitrogens is 2. The number of carbonyl (C=O) groups is 2. The first-order valence-electron chi connectivity index (χ1n) is 4.68. The molecule has 0 aliphatic rings. The zero-order valence-corrected chi connectivity index (χ0v) is 8.65. The van der Waals surface area contributed by atoms with Gasteiger partial charge in [0.2, 0.25) is 0 Å². The van der Waals surface area contributed by atoms with Gasteiger partial charge in [-0.25, -0.2) is 16.7 Å². The van der Waals surface area contributed by atoms with Gasteiger partial charge in [0.05, 0.1) is 11.1 Å². The van der Waals surface area contributed by atoms with Crippen molar-refractivity contribution in [3.63, 3.8) is 0 Å². The summed E-state index contributed by atoms with van der Waals surface area (Å²) in [5.74, 6) is 9.02. The van der Waals surface area contributed by atoms with E-state index in [1.54, 1.807) is 18.2 Å². The fourth-order valence-electron chi connectivity index (χ4n) is 1.47. The van der Waals surface area contributed by atoms with Gasteiger partial charge < -0.3 is 4.98 Å². The smallest absolute Gasteiger partial charge is 0.300 e. The quantitative estimate of drug-likeness (QED) is 0.251. The van der Waals surface area contributed by atoms with Crippen molar-refractivity contribution >= 4 is 22.8 Å². The van der Waals surface area contributed by atoms with Gasteiger partial charge in [-0.3, -0.25) is 20.4 Å². The average molecular weight is 234 g/mol. The number of amides is 2. The number of rotatable bonds is 2. The molecular formula is C9H10N6O2. The molecule has 0 saturated heterocycles. The van der Waals surface area contributed by atoms with Crippen LogP contribution < -0.4 is 22.5 Å². The van der Waals surface area contributed by atoms with Crippen LogP contribution in [0.3, 0.4) is 0 Å². The van der Waals surface area contributed by atoms with Crippen LogP contribution in [-0.4, -0.2) is 21.8 Å². The van der Waals surface area contributed by atoms with Crippen molar-refractivity contribution in [2.75, 3.05) is 0 Å². The normalized spacial score (nSPS) is 10.2. The van der Waals surface area contributed by atoms with E-state index in [-0.39, 0.29) is 11.4 Å². The molecule has 88 valence electrons. The number of H-pyrrole nitrogens is 1. The first-order valence-corrected chi connectivity index (χ1v) is 4.68. The summed E-state index contributed by atoms with van der Waals surface area (Å²) >= 11 is 0. The standard InChI is InChI=1S/C9H10N6O2/c10-14-8(16)4-2-1-3-5-6(4)13-7(12-5)9(17)15-11/h1-3H,10-11H2,(H,12,13)(H,14,16)(H,15,17). The van der Waals surface area contributed by atoms with E-state index in [0.717, 1.165) is 0 Å². The number of hydrogen-bond acceptors (Lipinski definition) is 5. The number of nitrogen functional groups attached to an aromatic ring is 2. The molecule has 0 fully saturated rings. The third kappa shape index (κ3) is 1.82. The van der Waals surface area contributed by atoms with Crippen LogP contribution in [0.25, 0.3) is 11.0 Å². The minimum atomic E-state index is -0.569. The van der Waals surface area contributed by atoms with Crippen LogP contribution in [-0.2, 0) is 0 Å². The van der Waals surface area contributed by atoms with Crippen molar-refractivity contribution < 1.29 is 9.59 Å². The number of aromatic amines is 1. The van der Waals surface area contributed by atoms with E-state index < -0.39 is 11.8 Å². The van der Waals surface area contributed by atoms with Crippen LogP contribution in [0.2, 0.25) is 0 Å². The maximum absolute atomic E-state index is 11.5. The first kappa shape index (κ1) is 11.0. The Kier molecular flexibility index (Phi) is 2.73. The molecule has 8 heteroatoms. The lowest BCUT2D eigenvalue weighted by Gasteiger charge is -1.99. The fraction of sp³-hybridized carbons (Fsp3) is 0. The van der Waals surface area contributed by atoms with Gasteiger partial charge in [0, 0.05) is 0 Å². The third-order valence-electron chi connectivity index (χ3n) is 2.23. The third-order valence-corrected chi connectivity index (χ3v) is 2.23. The van der Waals surface area contributed by atoms with Gasteiger partial charge >= 0.3 is 5.91 Å². The lowest BCUT2D eigenvalue weighted by atomic mass is 10.2. The molecule has 2 amide bonds. The summed E-state index contributed by atoms with van der Waals surface area (Å²) in [4.78, 5) is 29.5. The van der Waals surface area contributed by atoms with Gasteiger partial charge in [-0.05, 0) is 12.1 Å². The predicted octanol–water partition coefficient (Wildman–Crippen LogP) is -1.23. The largest absolute Gasteiger partial charge is 0.334 e. The summed E-state index contributed by atoms with van der Waals surface area (Å²) in [5, 5.41) is 0. The molecule has 17 heavy (non-hydrogen) atoms. The summed E-state index contributed by atoms with van der Waals surface area (Å²) in [6, 6.07) is 4.88. The highest BCUT2D eigenvalue weighted by molar-refractivity contribution is 6.06. The lowest BCUT2D eigenvalue weighted by Crippen LogP contribution is -2.31. The molecule has 0 radical (unpaired) electrons. The number of hydrazine groups is 2. The van der Waals surface area contributed by atoms with E-state index >= 15 is 0 Å². The number of benzene rings is 1. The minimum Gasteiger partial charge on any atom is -0.334 e. The van der Waals surface area contributed by atoms with E-state index in [0.29, 0.717) is 11.0 Å². The van der Waals surface area contributed by atoms with Gasteiger partial charge in [-0.2, -0.15) is 0 Å². The van der Waals surface area contributed by atoms with Crippen molar-refractivity contribution in [2.45, 2.75) is 0 Å². The van der Waals surface area contributed by atoms with E-state index in [2.05, 4.69) is 9.97 Å². The first-order chi connectivity index (χ1) is 8.17. The van der Waals surface area contributed by atoms with Gasteiger partial charge in [0.15, 0.2) is 5.82 Å². The summed E-state index contributed by atoms with van der Waals surface area (Å²) in [6.07, 6.45) is 0. The molecule has 8 nitrogen and oxygen atoms in total. The maximum atomic E-state index is 11.5. The Morgan fingerprint density at radius 3 is 2.53 bits per heavy atom. The number of fused-ring (bicyclic) bond motifs is 1. The van der Waals surface area contributed by atoms with Crippen molar-refractivity contribution in [1.29, 1.82) is 0 Å². The summed E-state index contributed by atoms with van der Waals surface area (Å²) < 4.78 is 0. The molecule has 1 heterocycles. The Hall–Kier alpha value is -2.45. The van der Waals surface area contributed by atoms with Gasteiger partial charge in [-0.1, -0.05) is 6.07 Å². The lowest BCUT2D eigenvalue weighted by molar-refractivity contribution is 0.0939. The summed E-state index contributed by atoms with van der Waals surface area (Å²) in [5.41, 5.74) is 5.13. The van der Waals surface area contributed by atoms with Crippen LogP contribution in [0.15, 0.2) is 18.2 Å². The molecule has 0 aliphatic carbocycles. The van der Waals surface area contributed by atoms with E-state index in [9.17, 15) is 9.59 Å². The molecule has 0 unspecified atom stereocenters. The zero-order valence-electron chi connectivity index (χ0n) is 8.65. The molecule has 1 aromatic heterocycles. The van der Waals surface area contributed by atoms with Crippen LogP contribution in [0.1, 0.15) is 21.0 Å². The highest BCUT2D eigenvalue weighted by Gasteiger charge is 2.15. The highest BCUT2D eigenvalue weighted by atomic mass is 16.2. The second-order valence-corrected chi connectivity index (χ2v) is 3.23. The highest BCUT2D eigenvalue weighted by Crippen LogP contribution is 2.16. The molecule has 2 aromatic rings. The van der Waals surface area contributed by atoms with Gasteiger partial charge in [-0.15, -0.1) is 0 Å². The Morgan fingerprint density at radius 2 is 1.88 bits per heavy atom. The van der Waals surface area contributed by atoms with Crippen LogP contribution >= 0.6 is 0 Å². The van der Waals surface area contributed by atoms with E-state index in [4.69, 9.17) is 11.7 Å². The predicted molar refractivity (Wildman–Crippen MR) is 59.4 cm³/mol. The maximum Gasteiger partial charge on any atom is 0.300 e. The monoisotopic (exact) mass is 234 g/mol. The topological polar surface area (TPSA) is 139 Å². The van der Waals surface area contributed by atoms with E-state index in [1.807, 2.05) is 10.9 Å². The molecule has 0 aliphatic heterocycles. The number of nitrogens with zero attached hydrogens (tertiary/aromatic N) is 1. The molecule has 7 N–H and O–H groups in total. The Bertz CT molecular complexity index is 590. The number of carbonyl (C=O) groups excluding carboxylic acids is 2. The van der Waals surface area contributed by atoms with Crippen molar-refractivity contribution in [2.24, 2.45) is 11.7 Å². The Labute approximate surface area is 95.3 Å². The molecule has 0 atom stereocenters. The molecule has 0 spiro atoms. The fourth-order valence-corrected chi connectivity index (χ4v) is 1.47. The number of para-hydroxylation sites is 1. The molecule has 2 rings (SSSR count). The number of imidazole rings is 1. The second kappa shape index (κ2) is 4.20. The average Bonchev–Trinajstić information content (AvgIpc) is 2.80. The van der Waals surface area contributed by atoms with Gasteiger partial charge in [0.1, 0.15) is 5.52 Å².